The smallest absolute Gasteiger partial charge is 0.263 e. The van der Waals surface area contributed by atoms with Crippen molar-refractivity contribution in [1.82, 2.24) is 9.80 Å². The van der Waals surface area contributed by atoms with E-state index in [2.05, 4.69) is 23.9 Å². The van der Waals surface area contributed by atoms with E-state index in [0.29, 0.717) is 5.92 Å². The van der Waals surface area contributed by atoms with E-state index < -0.39 is 0 Å². The van der Waals surface area contributed by atoms with Crippen molar-refractivity contribution in [2.24, 2.45) is 11.3 Å². The molecule has 5 heteroatoms. The Morgan fingerprint density at radius 1 is 1.48 bits per heavy atom. The van der Waals surface area contributed by atoms with E-state index in [-0.39, 0.29) is 11.3 Å². The number of rotatable bonds is 3. The number of ether oxygens (including phenoxy) is 1. The lowest BCUT2D eigenvalue weighted by Gasteiger charge is -2.38. The van der Waals surface area contributed by atoms with Gasteiger partial charge < -0.3 is 14.5 Å². The van der Waals surface area contributed by atoms with Gasteiger partial charge in [-0.3, -0.25) is 4.79 Å². The largest absolute Gasteiger partial charge is 0.381 e. The third-order valence-electron chi connectivity index (χ3n) is 4.91. The van der Waals surface area contributed by atoms with Crippen molar-refractivity contribution in [3.05, 3.63) is 22.4 Å². The number of thiophene rings is 1. The molecule has 1 unspecified atom stereocenters. The highest BCUT2D eigenvalue weighted by molar-refractivity contribution is 7.12. The Morgan fingerprint density at radius 2 is 2.24 bits per heavy atom. The Hall–Kier alpha value is -0.910. The number of nitrogens with zero attached hydrogens (tertiary/aromatic N) is 2. The molecule has 1 atom stereocenters. The molecule has 1 aromatic rings. The summed E-state index contributed by atoms with van der Waals surface area (Å²) in [5.74, 6) is 0.762. The minimum absolute atomic E-state index is 0.206. The zero-order valence-electron chi connectivity index (χ0n) is 12.9. The lowest BCUT2D eigenvalue weighted by molar-refractivity contribution is -0.00450. The van der Waals surface area contributed by atoms with Crippen molar-refractivity contribution in [3.63, 3.8) is 0 Å². The fourth-order valence-corrected chi connectivity index (χ4v) is 4.47. The summed E-state index contributed by atoms with van der Waals surface area (Å²) in [6.45, 7) is 4.50. The zero-order chi connectivity index (χ0) is 14.9. The molecule has 2 aliphatic heterocycles. The Labute approximate surface area is 130 Å². The van der Waals surface area contributed by atoms with Gasteiger partial charge in [-0.2, -0.15) is 0 Å². The topological polar surface area (TPSA) is 32.8 Å². The van der Waals surface area contributed by atoms with Crippen LogP contribution < -0.4 is 0 Å². The first-order chi connectivity index (χ1) is 10.1. The first-order valence-electron chi connectivity index (χ1n) is 7.66. The van der Waals surface area contributed by atoms with Crippen LogP contribution in [0.2, 0.25) is 0 Å². The summed E-state index contributed by atoms with van der Waals surface area (Å²) < 4.78 is 5.56. The Morgan fingerprint density at radius 3 is 2.86 bits per heavy atom. The lowest BCUT2D eigenvalue weighted by atomic mass is 9.72. The van der Waals surface area contributed by atoms with Gasteiger partial charge in [-0.05, 0) is 49.7 Å². The van der Waals surface area contributed by atoms with Gasteiger partial charge in [0, 0.05) is 32.8 Å². The lowest BCUT2D eigenvalue weighted by Crippen LogP contribution is -2.40. The molecule has 1 amide bonds. The summed E-state index contributed by atoms with van der Waals surface area (Å²) in [5, 5.41) is 1.98. The highest BCUT2D eigenvalue weighted by Gasteiger charge is 2.48. The van der Waals surface area contributed by atoms with E-state index in [1.54, 1.807) is 11.3 Å². The molecule has 3 heterocycles. The van der Waals surface area contributed by atoms with Crippen LogP contribution in [-0.4, -0.2) is 62.7 Å². The van der Waals surface area contributed by atoms with Crippen molar-refractivity contribution in [3.8, 4) is 0 Å². The normalized spacial score (nSPS) is 24.9. The molecule has 116 valence electrons. The SMILES string of the molecule is CN(C)CC1CN(C(=O)c2cccs2)CC12CCOCC2. The van der Waals surface area contributed by atoms with Gasteiger partial charge in [0.05, 0.1) is 4.88 Å². The Balaban J connectivity index is 1.78. The maximum atomic E-state index is 12.7. The van der Waals surface area contributed by atoms with Crippen LogP contribution in [0, 0.1) is 11.3 Å². The number of amides is 1. The molecule has 2 aliphatic rings. The van der Waals surface area contributed by atoms with Crippen molar-refractivity contribution < 1.29 is 9.53 Å². The average molecular weight is 308 g/mol. The van der Waals surface area contributed by atoms with Crippen LogP contribution in [0.25, 0.3) is 0 Å². The van der Waals surface area contributed by atoms with Crippen LogP contribution in [-0.2, 0) is 4.74 Å². The number of carbonyl (C=O) groups excluding carboxylic acids is 1. The van der Waals surface area contributed by atoms with Gasteiger partial charge in [-0.25, -0.2) is 0 Å². The van der Waals surface area contributed by atoms with E-state index in [1.165, 1.54) is 0 Å². The van der Waals surface area contributed by atoms with E-state index in [4.69, 9.17) is 4.74 Å². The first kappa shape index (κ1) is 15.0. The summed E-state index contributed by atoms with van der Waals surface area (Å²) in [5.41, 5.74) is 0.259. The Bertz CT molecular complexity index is 480. The molecule has 0 N–H and O–H groups in total. The molecule has 0 aliphatic carbocycles. The molecule has 0 radical (unpaired) electrons. The molecular formula is C16H24N2O2S. The summed E-state index contributed by atoms with van der Waals surface area (Å²) in [6.07, 6.45) is 2.17. The predicted octanol–water partition coefficient (Wildman–Crippen LogP) is 2.18. The van der Waals surface area contributed by atoms with Crippen LogP contribution in [0.4, 0.5) is 0 Å². The molecule has 21 heavy (non-hydrogen) atoms. The molecule has 3 rings (SSSR count). The first-order valence-corrected chi connectivity index (χ1v) is 8.54. The number of likely N-dealkylation sites (tertiary alicyclic amines) is 1. The monoisotopic (exact) mass is 308 g/mol. The van der Waals surface area contributed by atoms with Crippen LogP contribution in [0.1, 0.15) is 22.5 Å². The summed E-state index contributed by atoms with van der Waals surface area (Å²) >= 11 is 1.54. The minimum Gasteiger partial charge on any atom is -0.381 e. The van der Waals surface area contributed by atoms with Gasteiger partial charge in [-0.15, -0.1) is 11.3 Å². The number of carbonyl (C=O) groups is 1. The van der Waals surface area contributed by atoms with Gasteiger partial charge in [0.1, 0.15) is 0 Å². The minimum atomic E-state index is 0.206. The van der Waals surface area contributed by atoms with Gasteiger partial charge in [0.25, 0.3) is 5.91 Å². The second-order valence-electron chi connectivity index (χ2n) is 6.60. The van der Waals surface area contributed by atoms with Crippen molar-refractivity contribution >= 4 is 17.2 Å². The van der Waals surface area contributed by atoms with E-state index in [0.717, 1.165) is 50.6 Å². The van der Waals surface area contributed by atoms with Crippen molar-refractivity contribution in [1.29, 1.82) is 0 Å². The standard InChI is InChI=1S/C16H24N2O2S/c1-17(2)10-13-11-18(15(19)14-4-3-9-21-14)12-16(13)5-7-20-8-6-16/h3-4,9,13H,5-8,10-12H2,1-2H3. The van der Waals surface area contributed by atoms with Crippen LogP contribution in [0.5, 0.6) is 0 Å². The predicted molar refractivity (Wildman–Crippen MR) is 84.8 cm³/mol. The third-order valence-corrected chi connectivity index (χ3v) is 5.76. The third kappa shape index (κ3) is 3.00. The average Bonchev–Trinajstić information content (AvgIpc) is 3.09. The van der Waals surface area contributed by atoms with Crippen molar-refractivity contribution in [2.75, 3.05) is 46.9 Å². The maximum absolute atomic E-state index is 12.7. The number of hydrogen-bond acceptors (Lipinski definition) is 4. The summed E-state index contributed by atoms with van der Waals surface area (Å²) in [4.78, 5) is 17.8. The molecule has 1 spiro atoms. The van der Waals surface area contributed by atoms with Gasteiger partial charge in [0.2, 0.25) is 0 Å². The fourth-order valence-electron chi connectivity index (χ4n) is 3.78. The maximum Gasteiger partial charge on any atom is 0.263 e. The summed E-state index contributed by atoms with van der Waals surface area (Å²) in [7, 11) is 4.24. The molecule has 4 nitrogen and oxygen atoms in total. The van der Waals surface area contributed by atoms with Crippen molar-refractivity contribution in [2.45, 2.75) is 12.8 Å². The molecule has 0 saturated carbocycles. The molecule has 0 aromatic carbocycles. The fraction of sp³-hybridized carbons (Fsp3) is 0.688. The number of hydrogen-bond donors (Lipinski definition) is 0. The van der Waals surface area contributed by atoms with E-state index in [9.17, 15) is 4.79 Å². The molecule has 0 bridgehead atoms. The van der Waals surface area contributed by atoms with E-state index >= 15 is 0 Å². The van der Waals surface area contributed by atoms with E-state index in [1.807, 2.05) is 17.5 Å². The quantitative estimate of drug-likeness (QED) is 0.858. The summed E-state index contributed by atoms with van der Waals surface area (Å²) in [6, 6.07) is 3.89. The molecule has 2 fully saturated rings. The second kappa shape index (κ2) is 6.07. The zero-order valence-corrected chi connectivity index (χ0v) is 13.7. The van der Waals surface area contributed by atoms with Crippen LogP contribution in [0.3, 0.4) is 0 Å². The molecule has 2 saturated heterocycles. The second-order valence-corrected chi connectivity index (χ2v) is 7.54. The highest BCUT2D eigenvalue weighted by Crippen LogP contribution is 2.44. The molecule has 1 aromatic heterocycles. The highest BCUT2D eigenvalue weighted by atomic mass is 32.1. The van der Waals surface area contributed by atoms with Crippen LogP contribution in [0.15, 0.2) is 17.5 Å². The van der Waals surface area contributed by atoms with Gasteiger partial charge >= 0.3 is 0 Å². The van der Waals surface area contributed by atoms with Gasteiger partial charge in [0.15, 0.2) is 0 Å². The molecular weight excluding hydrogens is 284 g/mol. The van der Waals surface area contributed by atoms with Crippen LogP contribution >= 0.6 is 11.3 Å². The Kier molecular flexibility index (Phi) is 4.33. The van der Waals surface area contributed by atoms with Gasteiger partial charge in [-0.1, -0.05) is 6.07 Å².